The van der Waals surface area contributed by atoms with E-state index in [0.717, 1.165) is 5.75 Å². The van der Waals surface area contributed by atoms with E-state index in [0.29, 0.717) is 0 Å². The molecule has 0 unspecified atom stereocenters. The second-order valence-corrected chi connectivity index (χ2v) is 4.46. The number of amides is 1. The molecule has 17 heavy (non-hydrogen) atoms. The molecular weight excluding hydrogens is 329 g/mol. The molecule has 0 spiro atoms. The molecule has 1 aliphatic rings. The van der Waals surface area contributed by atoms with Crippen molar-refractivity contribution in [2.75, 3.05) is 7.05 Å². The number of carbonyl (C=O) groups excluding carboxylic acids is 1. The Balaban J connectivity index is 0.000000249. The van der Waals surface area contributed by atoms with Crippen LogP contribution in [0.5, 0.6) is 5.75 Å². The molecule has 1 aliphatic carbocycles. The van der Waals surface area contributed by atoms with Crippen molar-refractivity contribution in [2.45, 2.75) is 32.6 Å². The van der Waals surface area contributed by atoms with Gasteiger partial charge < -0.3 is 8.38 Å². The molecule has 0 radical (unpaired) electrons. The van der Waals surface area contributed by atoms with Crippen molar-refractivity contribution in [3.8, 4) is 5.75 Å². The topological polar surface area (TPSA) is 38.3 Å². The number of nitrogens with one attached hydrogen (secondary N) is 1. The van der Waals surface area contributed by atoms with Crippen LogP contribution >= 0.6 is 23.0 Å². The summed E-state index contributed by atoms with van der Waals surface area (Å²) in [6.45, 7) is 1.47. The highest BCUT2D eigenvalue weighted by Crippen LogP contribution is 2.25. The highest BCUT2D eigenvalue weighted by Gasteiger charge is 2.09. The van der Waals surface area contributed by atoms with Crippen LogP contribution in [-0.2, 0) is 17.6 Å². The summed E-state index contributed by atoms with van der Waals surface area (Å²) in [4.78, 5) is 9.70. The summed E-state index contributed by atoms with van der Waals surface area (Å²) in [6.07, 6.45) is 5.15. The van der Waals surface area contributed by atoms with Gasteiger partial charge in [-0.1, -0.05) is 6.07 Å². The Bertz CT molecular complexity index is 380. The third kappa shape index (κ3) is 4.93. The van der Waals surface area contributed by atoms with E-state index in [1.54, 1.807) is 7.05 Å². The molecule has 0 aromatic heterocycles. The lowest BCUT2D eigenvalue weighted by molar-refractivity contribution is -0.118. The second kappa shape index (κ2) is 7.53. The van der Waals surface area contributed by atoms with Gasteiger partial charge in [0.05, 0.1) is 0 Å². The van der Waals surface area contributed by atoms with Gasteiger partial charge in [-0.05, 0) is 48.9 Å². The van der Waals surface area contributed by atoms with Crippen LogP contribution < -0.4 is 8.38 Å². The average Bonchev–Trinajstić information content (AvgIpc) is 2.38. The fourth-order valence-corrected chi connectivity index (χ4v) is 2.03. The van der Waals surface area contributed by atoms with Gasteiger partial charge in [-0.2, -0.15) is 0 Å². The Morgan fingerprint density at radius 2 is 1.88 bits per heavy atom. The number of hydrogen-bond acceptors (Lipinski definition) is 2. The molecule has 4 heteroatoms. The summed E-state index contributed by atoms with van der Waals surface area (Å²) < 4.78 is 5.15. The molecule has 2 rings (SSSR count). The number of benzene rings is 1. The summed E-state index contributed by atoms with van der Waals surface area (Å²) in [6, 6.07) is 6.42. The smallest absolute Gasteiger partial charge is 0.216 e. The summed E-state index contributed by atoms with van der Waals surface area (Å²) in [7, 11) is 1.60. The van der Waals surface area contributed by atoms with Gasteiger partial charge in [0.2, 0.25) is 5.91 Å². The van der Waals surface area contributed by atoms with E-state index >= 15 is 0 Å². The number of aryl methyl sites for hydroxylation is 2. The predicted octanol–water partition coefficient (Wildman–Crippen LogP) is 3.05. The summed E-state index contributed by atoms with van der Waals surface area (Å²) in [5.41, 5.74) is 2.99. The first-order chi connectivity index (χ1) is 8.17. The van der Waals surface area contributed by atoms with E-state index in [9.17, 15) is 4.79 Å². The largest absolute Gasteiger partial charge is 0.428 e. The van der Waals surface area contributed by atoms with Crippen LogP contribution in [0.25, 0.3) is 0 Å². The van der Waals surface area contributed by atoms with Crippen molar-refractivity contribution in [2.24, 2.45) is 0 Å². The lowest BCUT2D eigenvalue weighted by Crippen LogP contribution is -2.11. The fourth-order valence-electron chi connectivity index (χ4n) is 1.76. The molecule has 1 N–H and O–H groups in total. The molecule has 1 aromatic rings. The van der Waals surface area contributed by atoms with E-state index < -0.39 is 0 Å². The molecule has 0 saturated heterocycles. The van der Waals surface area contributed by atoms with Gasteiger partial charge in [-0.3, -0.25) is 4.79 Å². The van der Waals surface area contributed by atoms with Crippen molar-refractivity contribution >= 4 is 28.9 Å². The normalized spacial score (nSPS) is 12.9. The molecule has 0 atom stereocenters. The Labute approximate surface area is 117 Å². The maximum absolute atomic E-state index is 9.70. The third-order valence-electron chi connectivity index (χ3n) is 2.76. The van der Waals surface area contributed by atoms with Gasteiger partial charge in [0.25, 0.3) is 0 Å². The Kier molecular flexibility index (Phi) is 6.32. The van der Waals surface area contributed by atoms with E-state index in [2.05, 4.69) is 23.5 Å². The van der Waals surface area contributed by atoms with Crippen LogP contribution in [0.15, 0.2) is 18.2 Å². The van der Waals surface area contributed by atoms with Crippen LogP contribution in [0.1, 0.15) is 30.9 Å². The maximum Gasteiger partial charge on any atom is 0.216 e. The van der Waals surface area contributed by atoms with Gasteiger partial charge in [0, 0.05) is 14.0 Å². The molecule has 0 fully saturated rings. The van der Waals surface area contributed by atoms with E-state index in [-0.39, 0.29) is 5.91 Å². The van der Waals surface area contributed by atoms with Gasteiger partial charge >= 0.3 is 0 Å². The van der Waals surface area contributed by atoms with Crippen molar-refractivity contribution in [1.29, 1.82) is 0 Å². The van der Waals surface area contributed by atoms with Crippen LogP contribution in [0.2, 0.25) is 0 Å². The van der Waals surface area contributed by atoms with Crippen LogP contribution in [0.3, 0.4) is 0 Å². The first kappa shape index (κ1) is 14.3. The average molecular weight is 347 g/mol. The van der Waals surface area contributed by atoms with E-state index in [1.807, 2.05) is 23.0 Å². The van der Waals surface area contributed by atoms with Crippen LogP contribution in [0, 0.1) is 0 Å². The maximum atomic E-state index is 9.70. The lowest BCUT2D eigenvalue weighted by Gasteiger charge is -2.15. The minimum absolute atomic E-state index is 0.00463. The van der Waals surface area contributed by atoms with Crippen molar-refractivity contribution in [3.63, 3.8) is 0 Å². The predicted molar refractivity (Wildman–Crippen MR) is 77.5 cm³/mol. The summed E-state index contributed by atoms with van der Waals surface area (Å²) >= 11 is 1.93. The second-order valence-electron chi connectivity index (χ2n) is 4.02. The van der Waals surface area contributed by atoms with Crippen molar-refractivity contribution in [3.05, 3.63) is 29.3 Å². The SMILES string of the molecule is CNC(C)=O.IOc1ccc2c(c1)CCCC2. The molecule has 1 aromatic carbocycles. The van der Waals surface area contributed by atoms with E-state index in [1.165, 1.54) is 43.7 Å². The van der Waals surface area contributed by atoms with E-state index in [4.69, 9.17) is 3.07 Å². The lowest BCUT2D eigenvalue weighted by atomic mass is 9.92. The summed E-state index contributed by atoms with van der Waals surface area (Å²) in [5, 5.41) is 2.39. The molecule has 0 heterocycles. The molecular formula is C13H18INO2. The molecule has 0 aliphatic heterocycles. The number of carbonyl (C=O) groups is 1. The highest BCUT2D eigenvalue weighted by molar-refractivity contribution is 14.1. The first-order valence-electron chi connectivity index (χ1n) is 5.76. The van der Waals surface area contributed by atoms with Gasteiger partial charge in [-0.25, -0.2) is 0 Å². The first-order valence-corrected chi connectivity index (χ1v) is 6.64. The zero-order chi connectivity index (χ0) is 12.7. The Hall–Kier alpha value is -0.780. The van der Waals surface area contributed by atoms with Crippen molar-refractivity contribution in [1.82, 2.24) is 5.32 Å². The highest BCUT2D eigenvalue weighted by atomic mass is 127. The quantitative estimate of drug-likeness (QED) is 0.793. The number of halogens is 1. The zero-order valence-electron chi connectivity index (χ0n) is 10.3. The molecule has 3 nitrogen and oxygen atoms in total. The number of rotatable bonds is 1. The van der Waals surface area contributed by atoms with Crippen LogP contribution in [-0.4, -0.2) is 13.0 Å². The fraction of sp³-hybridized carbons (Fsp3) is 0.462. The molecule has 1 amide bonds. The minimum atomic E-state index is 0.00463. The van der Waals surface area contributed by atoms with Gasteiger partial charge in [0.1, 0.15) is 5.75 Å². The molecule has 0 bridgehead atoms. The summed E-state index contributed by atoms with van der Waals surface area (Å²) in [5.74, 6) is 0.987. The molecule has 0 saturated carbocycles. The standard InChI is InChI=1S/C10H11IO.C3H7NO/c11-12-10-6-5-8-3-1-2-4-9(8)7-10;1-3(5)4-2/h5-7H,1-4H2;1-2H3,(H,4,5). The number of fused-ring (bicyclic) bond motifs is 1. The zero-order valence-corrected chi connectivity index (χ0v) is 12.4. The third-order valence-corrected chi connectivity index (χ3v) is 3.27. The van der Waals surface area contributed by atoms with Gasteiger partial charge in [0.15, 0.2) is 23.0 Å². The minimum Gasteiger partial charge on any atom is -0.428 e. The monoisotopic (exact) mass is 347 g/mol. The number of hydrogen-bond donors (Lipinski definition) is 1. The Morgan fingerprint density at radius 1 is 1.29 bits per heavy atom. The Morgan fingerprint density at radius 3 is 2.41 bits per heavy atom. The van der Waals surface area contributed by atoms with Crippen molar-refractivity contribution < 1.29 is 7.86 Å². The molecule has 94 valence electrons. The van der Waals surface area contributed by atoms with Crippen LogP contribution in [0.4, 0.5) is 0 Å². The van der Waals surface area contributed by atoms with Gasteiger partial charge in [-0.15, -0.1) is 0 Å².